The van der Waals surface area contributed by atoms with Gasteiger partial charge in [0.05, 0.1) is 12.5 Å². The Morgan fingerprint density at radius 3 is 2.95 bits per heavy atom. The van der Waals surface area contributed by atoms with Crippen LogP contribution >= 0.6 is 0 Å². The molecule has 110 valence electrons. The zero-order chi connectivity index (χ0) is 14.0. The molecular formula is C16H24N2O2. The van der Waals surface area contributed by atoms with Crippen LogP contribution in [0.15, 0.2) is 23.0 Å². The maximum Gasteiger partial charge on any atom is 0.223 e. The summed E-state index contributed by atoms with van der Waals surface area (Å²) in [7, 11) is 0. The highest BCUT2D eigenvalue weighted by Crippen LogP contribution is 2.39. The van der Waals surface area contributed by atoms with Crippen LogP contribution in [0.1, 0.15) is 44.6 Å². The van der Waals surface area contributed by atoms with E-state index in [4.69, 9.17) is 4.42 Å². The molecule has 4 nitrogen and oxygen atoms in total. The van der Waals surface area contributed by atoms with Crippen LogP contribution in [-0.4, -0.2) is 40.9 Å². The zero-order valence-corrected chi connectivity index (χ0v) is 12.3. The molecule has 0 aromatic carbocycles. The Morgan fingerprint density at radius 2 is 2.20 bits per heavy atom. The molecule has 0 saturated carbocycles. The Bertz CT molecular complexity index is 457. The van der Waals surface area contributed by atoms with Crippen molar-refractivity contribution in [2.45, 2.75) is 51.1 Å². The number of rotatable bonds is 3. The highest BCUT2D eigenvalue weighted by atomic mass is 16.3. The molecule has 1 amide bonds. The van der Waals surface area contributed by atoms with Gasteiger partial charge < -0.3 is 9.32 Å². The quantitative estimate of drug-likeness (QED) is 0.851. The van der Waals surface area contributed by atoms with Crippen molar-refractivity contribution in [3.8, 4) is 0 Å². The molecule has 0 N–H and O–H groups in total. The molecule has 1 aromatic heterocycles. The predicted octanol–water partition coefficient (Wildman–Crippen LogP) is 2.65. The summed E-state index contributed by atoms with van der Waals surface area (Å²) >= 11 is 0. The molecule has 1 spiro atoms. The summed E-state index contributed by atoms with van der Waals surface area (Å²) in [4.78, 5) is 16.7. The molecule has 0 radical (unpaired) electrons. The van der Waals surface area contributed by atoms with E-state index in [1.54, 1.807) is 6.26 Å². The van der Waals surface area contributed by atoms with Crippen molar-refractivity contribution in [3.63, 3.8) is 0 Å². The minimum Gasteiger partial charge on any atom is -0.472 e. The maximum absolute atomic E-state index is 12.0. The van der Waals surface area contributed by atoms with Gasteiger partial charge in [-0.3, -0.25) is 9.69 Å². The van der Waals surface area contributed by atoms with Crippen molar-refractivity contribution in [3.05, 3.63) is 24.2 Å². The van der Waals surface area contributed by atoms with Crippen LogP contribution in [-0.2, 0) is 11.3 Å². The average molecular weight is 276 g/mol. The van der Waals surface area contributed by atoms with Crippen LogP contribution in [0.2, 0.25) is 0 Å². The molecule has 2 aliphatic rings. The topological polar surface area (TPSA) is 36.7 Å². The smallest absolute Gasteiger partial charge is 0.223 e. The van der Waals surface area contributed by atoms with E-state index < -0.39 is 0 Å². The summed E-state index contributed by atoms with van der Waals surface area (Å²) < 4.78 is 5.15. The predicted molar refractivity (Wildman–Crippen MR) is 77.2 cm³/mol. The molecule has 3 rings (SSSR count). The third-order valence-electron chi connectivity index (χ3n) is 4.99. The van der Waals surface area contributed by atoms with Gasteiger partial charge in [0.1, 0.15) is 0 Å². The Kier molecular flexibility index (Phi) is 3.83. The minimum atomic E-state index is 0.150. The molecule has 4 heteroatoms. The molecule has 1 aromatic rings. The SMILES string of the molecule is CCN1C(=O)CC[C@@]12CCCN(Cc1ccoc1)CC2. The molecule has 2 saturated heterocycles. The van der Waals surface area contributed by atoms with E-state index in [1.165, 1.54) is 12.0 Å². The van der Waals surface area contributed by atoms with Gasteiger partial charge >= 0.3 is 0 Å². The summed E-state index contributed by atoms with van der Waals surface area (Å²) in [6.45, 7) is 6.14. The second kappa shape index (κ2) is 5.60. The number of furan rings is 1. The van der Waals surface area contributed by atoms with E-state index in [-0.39, 0.29) is 5.54 Å². The highest BCUT2D eigenvalue weighted by molar-refractivity contribution is 5.79. The number of nitrogens with zero attached hydrogens (tertiary/aromatic N) is 2. The Labute approximate surface area is 120 Å². The molecule has 2 aliphatic heterocycles. The minimum absolute atomic E-state index is 0.150. The van der Waals surface area contributed by atoms with Gasteiger partial charge in [-0.05, 0) is 45.2 Å². The van der Waals surface area contributed by atoms with Gasteiger partial charge in [-0.15, -0.1) is 0 Å². The van der Waals surface area contributed by atoms with Crippen molar-refractivity contribution in [2.75, 3.05) is 19.6 Å². The van der Waals surface area contributed by atoms with Crippen molar-refractivity contribution in [1.82, 2.24) is 9.80 Å². The Balaban J connectivity index is 1.66. The van der Waals surface area contributed by atoms with Crippen LogP contribution < -0.4 is 0 Å². The molecule has 1 atom stereocenters. The zero-order valence-electron chi connectivity index (χ0n) is 12.3. The Morgan fingerprint density at radius 1 is 1.30 bits per heavy atom. The molecular weight excluding hydrogens is 252 g/mol. The van der Waals surface area contributed by atoms with Crippen molar-refractivity contribution >= 4 is 5.91 Å². The first-order chi connectivity index (χ1) is 9.73. The molecule has 0 unspecified atom stereocenters. The molecule has 20 heavy (non-hydrogen) atoms. The fourth-order valence-electron chi connectivity index (χ4n) is 3.94. The molecule has 0 aliphatic carbocycles. The monoisotopic (exact) mass is 276 g/mol. The van der Waals surface area contributed by atoms with Gasteiger partial charge in [0.25, 0.3) is 0 Å². The average Bonchev–Trinajstić information content (AvgIpc) is 2.99. The van der Waals surface area contributed by atoms with Gasteiger partial charge in [-0.1, -0.05) is 0 Å². The number of carbonyl (C=O) groups excluding carboxylic acids is 1. The van der Waals surface area contributed by atoms with Crippen LogP contribution in [0.3, 0.4) is 0 Å². The van der Waals surface area contributed by atoms with Crippen LogP contribution in [0.5, 0.6) is 0 Å². The van der Waals surface area contributed by atoms with Crippen molar-refractivity contribution in [1.29, 1.82) is 0 Å². The number of hydrogen-bond donors (Lipinski definition) is 0. The summed E-state index contributed by atoms with van der Waals surface area (Å²) in [6, 6.07) is 2.04. The lowest BCUT2D eigenvalue weighted by atomic mass is 9.88. The lowest BCUT2D eigenvalue weighted by molar-refractivity contribution is -0.131. The number of likely N-dealkylation sites (tertiary alicyclic amines) is 2. The van der Waals surface area contributed by atoms with Crippen LogP contribution in [0, 0.1) is 0 Å². The normalized spacial score (nSPS) is 28.2. The van der Waals surface area contributed by atoms with Gasteiger partial charge in [-0.25, -0.2) is 0 Å². The van der Waals surface area contributed by atoms with Crippen molar-refractivity contribution in [2.24, 2.45) is 0 Å². The third kappa shape index (κ3) is 2.49. The van der Waals surface area contributed by atoms with E-state index in [1.807, 2.05) is 12.3 Å². The highest BCUT2D eigenvalue weighted by Gasteiger charge is 2.44. The van der Waals surface area contributed by atoms with Gasteiger partial charge in [0.15, 0.2) is 0 Å². The standard InChI is InChI=1S/C16H24N2O2/c1-2-18-15(19)4-7-16(18)6-3-9-17(10-8-16)12-14-5-11-20-13-14/h5,11,13H,2-4,6-10,12H2,1H3/t16-/m1/s1. The lowest BCUT2D eigenvalue weighted by Gasteiger charge is -2.37. The largest absolute Gasteiger partial charge is 0.472 e. The maximum atomic E-state index is 12.0. The molecule has 3 heterocycles. The van der Waals surface area contributed by atoms with E-state index in [9.17, 15) is 4.79 Å². The van der Waals surface area contributed by atoms with Crippen LogP contribution in [0.4, 0.5) is 0 Å². The first kappa shape index (κ1) is 13.7. The number of amides is 1. The van der Waals surface area contributed by atoms with E-state index in [0.717, 1.165) is 51.9 Å². The lowest BCUT2D eigenvalue weighted by Crippen LogP contribution is -2.46. The number of carbonyl (C=O) groups is 1. The molecule has 0 bridgehead atoms. The first-order valence-corrected chi connectivity index (χ1v) is 7.77. The summed E-state index contributed by atoms with van der Waals surface area (Å²) in [5, 5.41) is 0. The third-order valence-corrected chi connectivity index (χ3v) is 4.99. The van der Waals surface area contributed by atoms with E-state index in [2.05, 4.69) is 16.7 Å². The fourth-order valence-corrected chi connectivity index (χ4v) is 3.94. The van der Waals surface area contributed by atoms with Gasteiger partial charge in [-0.2, -0.15) is 0 Å². The van der Waals surface area contributed by atoms with Crippen LogP contribution in [0.25, 0.3) is 0 Å². The second-order valence-electron chi connectivity index (χ2n) is 6.12. The number of hydrogen-bond acceptors (Lipinski definition) is 3. The summed E-state index contributed by atoms with van der Waals surface area (Å²) in [5.41, 5.74) is 1.40. The van der Waals surface area contributed by atoms with Gasteiger partial charge in [0.2, 0.25) is 5.91 Å². The van der Waals surface area contributed by atoms with Crippen molar-refractivity contribution < 1.29 is 9.21 Å². The Hall–Kier alpha value is -1.29. The van der Waals surface area contributed by atoms with E-state index >= 15 is 0 Å². The fraction of sp³-hybridized carbons (Fsp3) is 0.688. The summed E-state index contributed by atoms with van der Waals surface area (Å²) in [5.74, 6) is 0.357. The second-order valence-corrected chi connectivity index (χ2v) is 6.12. The van der Waals surface area contributed by atoms with Gasteiger partial charge in [0, 0.05) is 37.2 Å². The molecule has 2 fully saturated rings. The first-order valence-electron chi connectivity index (χ1n) is 7.77. The van der Waals surface area contributed by atoms with E-state index in [0.29, 0.717) is 5.91 Å². The summed E-state index contributed by atoms with van der Waals surface area (Å²) in [6.07, 6.45) is 8.83.